The van der Waals surface area contributed by atoms with E-state index in [-0.39, 0.29) is 17.9 Å². The Bertz CT molecular complexity index is 1590. The largest absolute Gasteiger partial charge is 0.506 e. The Morgan fingerprint density at radius 2 is 1.87 bits per heavy atom. The topological polar surface area (TPSA) is 99.4 Å². The van der Waals surface area contributed by atoms with E-state index in [0.717, 1.165) is 6.42 Å². The number of methoxy groups -OCH3 is 2. The van der Waals surface area contributed by atoms with Crippen molar-refractivity contribution in [2.75, 3.05) is 20.8 Å². The number of hydrogen-bond acceptors (Lipinski definition) is 8. The number of nitrogens with zero attached hydrogens (tertiary/aromatic N) is 2. The zero-order valence-electron chi connectivity index (χ0n) is 21.2. The molecule has 200 valence electrons. The van der Waals surface area contributed by atoms with Crippen LogP contribution in [0.5, 0.6) is 17.2 Å². The Labute approximate surface area is 240 Å². The fourth-order valence-corrected chi connectivity index (χ4v) is 6.53. The van der Waals surface area contributed by atoms with Crippen LogP contribution in [0.15, 0.2) is 60.3 Å². The smallest absolute Gasteiger partial charge is 0.338 e. The highest BCUT2D eigenvalue weighted by Crippen LogP contribution is 2.39. The van der Waals surface area contributed by atoms with Crippen LogP contribution in [0.1, 0.15) is 43.9 Å². The highest BCUT2D eigenvalue weighted by molar-refractivity contribution is 9.11. The molecule has 0 unspecified atom stereocenters. The van der Waals surface area contributed by atoms with Crippen LogP contribution in [0.2, 0.25) is 0 Å². The summed E-state index contributed by atoms with van der Waals surface area (Å²) in [6, 6.07) is 7.87. The number of rotatable bonds is 8. The number of ether oxygens (including phenoxy) is 3. The molecule has 1 N–H and O–H groups in total. The van der Waals surface area contributed by atoms with Crippen molar-refractivity contribution < 1.29 is 24.1 Å². The van der Waals surface area contributed by atoms with Gasteiger partial charge in [-0.15, -0.1) is 0 Å². The average Bonchev–Trinajstić information content (AvgIpc) is 3.20. The number of fused-ring (bicyclic) bond motifs is 1. The van der Waals surface area contributed by atoms with Crippen molar-refractivity contribution in [1.29, 1.82) is 0 Å². The molecule has 0 aliphatic carbocycles. The second-order valence-corrected chi connectivity index (χ2v) is 11.1. The molecule has 2 heterocycles. The van der Waals surface area contributed by atoms with Crippen molar-refractivity contribution in [3.63, 3.8) is 0 Å². The third kappa shape index (κ3) is 5.32. The molecule has 0 amide bonds. The number of esters is 1. The van der Waals surface area contributed by atoms with Gasteiger partial charge in [-0.1, -0.05) is 24.7 Å². The van der Waals surface area contributed by atoms with Gasteiger partial charge in [-0.25, -0.2) is 9.79 Å². The summed E-state index contributed by atoms with van der Waals surface area (Å²) in [7, 11) is 3.09. The summed E-state index contributed by atoms with van der Waals surface area (Å²) in [5.41, 5.74) is 1.83. The maximum absolute atomic E-state index is 13.9. The molecule has 3 aromatic rings. The minimum Gasteiger partial charge on any atom is -0.506 e. The fourth-order valence-electron chi connectivity index (χ4n) is 4.29. The van der Waals surface area contributed by atoms with E-state index in [9.17, 15) is 14.7 Å². The van der Waals surface area contributed by atoms with E-state index in [4.69, 9.17) is 19.2 Å². The quantitative estimate of drug-likeness (QED) is 0.346. The molecule has 0 spiro atoms. The molecule has 0 fully saturated rings. The van der Waals surface area contributed by atoms with Crippen molar-refractivity contribution >= 4 is 55.2 Å². The first-order chi connectivity index (χ1) is 18.2. The minimum atomic E-state index is -0.836. The number of thiazole rings is 1. The molecule has 1 aliphatic heterocycles. The monoisotopic (exact) mass is 664 g/mol. The van der Waals surface area contributed by atoms with E-state index in [2.05, 4.69) is 31.9 Å². The Balaban J connectivity index is 2.06. The molecule has 1 aliphatic rings. The number of hydrogen-bond donors (Lipinski definition) is 1. The van der Waals surface area contributed by atoms with Gasteiger partial charge in [-0.05, 0) is 87.2 Å². The van der Waals surface area contributed by atoms with E-state index < -0.39 is 12.0 Å². The van der Waals surface area contributed by atoms with Crippen LogP contribution in [0.3, 0.4) is 0 Å². The summed E-state index contributed by atoms with van der Waals surface area (Å²) in [6.07, 6.45) is 3.00. The minimum absolute atomic E-state index is 0.0667. The van der Waals surface area contributed by atoms with E-state index >= 15 is 0 Å². The van der Waals surface area contributed by atoms with Gasteiger partial charge in [-0.3, -0.25) is 9.36 Å². The van der Waals surface area contributed by atoms with Crippen LogP contribution in [-0.2, 0) is 9.53 Å². The molecular formula is C27H26Br2N2O6S. The lowest BCUT2D eigenvalue weighted by atomic mass is 9.93. The Morgan fingerprint density at radius 1 is 1.16 bits per heavy atom. The first kappa shape index (κ1) is 28.1. The molecule has 38 heavy (non-hydrogen) atoms. The number of carbonyl (C=O) groups excluding carboxylic acids is 1. The van der Waals surface area contributed by atoms with E-state index in [0.29, 0.717) is 58.6 Å². The number of phenolic OH excluding ortho intramolecular Hbond substituents is 1. The Kier molecular flexibility index (Phi) is 8.79. The van der Waals surface area contributed by atoms with Crippen LogP contribution in [0, 0.1) is 0 Å². The lowest BCUT2D eigenvalue weighted by Crippen LogP contribution is -2.40. The molecular weight excluding hydrogens is 640 g/mol. The number of aromatic hydroxyl groups is 1. The van der Waals surface area contributed by atoms with Gasteiger partial charge in [0.1, 0.15) is 23.3 Å². The maximum atomic E-state index is 13.9. The van der Waals surface area contributed by atoms with Crippen LogP contribution in [-0.4, -0.2) is 36.5 Å². The summed E-state index contributed by atoms with van der Waals surface area (Å²) in [4.78, 5) is 32.6. The van der Waals surface area contributed by atoms with Crippen molar-refractivity contribution in [3.05, 3.63) is 81.4 Å². The van der Waals surface area contributed by atoms with Gasteiger partial charge < -0.3 is 19.3 Å². The first-order valence-corrected chi connectivity index (χ1v) is 14.3. The first-order valence-electron chi connectivity index (χ1n) is 11.9. The molecule has 2 aromatic carbocycles. The molecule has 0 bridgehead atoms. The third-order valence-corrected chi connectivity index (χ3v) is 8.15. The van der Waals surface area contributed by atoms with Gasteiger partial charge in [-0.2, -0.15) is 0 Å². The second kappa shape index (κ2) is 11.9. The molecule has 0 radical (unpaired) electrons. The van der Waals surface area contributed by atoms with Crippen LogP contribution >= 0.6 is 43.2 Å². The van der Waals surface area contributed by atoms with Crippen LogP contribution in [0.4, 0.5) is 0 Å². The van der Waals surface area contributed by atoms with Gasteiger partial charge in [0.25, 0.3) is 5.56 Å². The predicted molar refractivity (Wildman–Crippen MR) is 153 cm³/mol. The zero-order valence-corrected chi connectivity index (χ0v) is 25.2. The van der Waals surface area contributed by atoms with Gasteiger partial charge in [0.05, 0.1) is 45.6 Å². The lowest BCUT2D eigenvalue weighted by Gasteiger charge is -2.27. The van der Waals surface area contributed by atoms with E-state index in [1.54, 1.807) is 50.4 Å². The van der Waals surface area contributed by atoms with Gasteiger partial charge in [0, 0.05) is 5.56 Å². The molecule has 1 aromatic heterocycles. The zero-order chi connectivity index (χ0) is 27.6. The van der Waals surface area contributed by atoms with Gasteiger partial charge in [0.2, 0.25) is 0 Å². The Morgan fingerprint density at radius 3 is 2.47 bits per heavy atom. The molecule has 0 saturated carbocycles. The molecule has 11 heteroatoms. The van der Waals surface area contributed by atoms with Gasteiger partial charge in [0.15, 0.2) is 4.80 Å². The second-order valence-electron chi connectivity index (χ2n) is 8.35. The summed E-state index contributed by atoms with van der Waals surface area (Å²) in [5.74, 6) is 0.586. The number of halogens is 2. The molecule has 1 atom stereocenters. The maximum Gasteiger partial charge on any atom is 0.338 e. The molecule has 8 nitrogen and oxygen atoms in total. The summed E-state index contributed by atoms with van der Waals surface area (Å²) < 4.78 is 19.5. The normalized spacial score (nSPS) is 15.2. The summed E-state index contributed by atoms with van der Waals surface area (Å²) >= 11 is 7.90. The van der Waals surface area contributed by atoms with E-state index in [1.165, 1.54) is 23.0 Å². The standard InChI is InChI=1S/C27H26Br2N2O6S/c1-5-7-19-22(26(34)37-6-2)23(16-13-15(35-3)8-9-20(16)36-4)31-25(33)21(38-27(31)30-19)12-14-10-17(28)24(32)18(29)11-14/h8-13,23,32H,5-7H2,1-4H3/b21-12-/t23-/m0/s1. The predicted octanol–water partition coefficient (Wildman–Crippen LogP) is 4.83. The number of phenols is 1. The highest BCUT2D eigenvalue weighted by atomic mass is 79.9. The van der Waals surface area contributed by atoms with Gasteiger partial charge >= 0.3 is 5.97 Å². The third-order valence-electron chi connectivity index (χ3n) is 5.96. The Hall–Kier alpha value is -2.89. The van der Waals surface area contributed by atoms with Crippen molar-refractivity contribution in [2.24, 2.45) is 4.99 Å². The van der Waals surface area contributed by atoms with E-state index in [1.807, 2.05) is 6.92 Å². The fraction of sp³-hybridized carbons (Fsp3) is 0.296. The average molecular weight is 666 g/mol. The van der Waals surface area contributed by atoms with Crippen LogP contribution in [0.25, 0.3) is 6.08 Å². The van der Waals surface area contributed by atoms with Crippen molar-refractivity contribution in [2.45, 2.75) is 32.7 Å². The number of aromatic nitrogens is 1. The molecule has 0 saturated heterocycles. The number of benzene rings is 2. The van der Waals surface area contributed by atoms with Crippen molar-refractivity contribution in [1.82, 2.24) is 4.57 Å². The summed E-state index contributed by atoms with van der Waals surface area (Å²) in [6.45, 7) is 3.92. The lowest BCUT2D eigenvalue weighted by molar-refractivity contribution is -0.139. The number of carbonyl (C=O) groups is 1. The highest BCUT2D eigenvalue weighted by Gasteiger charge is 2.36. The van der Waals surface area contributed by atoms with Crippen LogP contribution < -0.4 is 24.4 Å². The number of allylic oxidation sites excluding steroid dienone is 1. The van der Waals surface area contributed by atoms with Crippen molar-refractivity contribution in [3.8, 4) is 17.2 Å². The molecule has 4 rings (SSSR count). The SMILES string of the molecule is CCCC1=C(C(=O)OCC)[C@H](c2cc(OC)ccc2OC)n2c(s/c(=C\c3cc(Br)c(O)c(Br)c3)c2=O)=N1. The summed E-state index contributed by atoms with van der Waals surface area (Å²) in [5, 5.41) is 10.1.